The lowest BCUT2D eigenvalue weighted by Gasteiger charge is -2.25. The molecule has 0 aromatic rings. The molecule has 0 radical (unpaired) electrons. The molecule has 0 rings (SSSR count). The van der Waals surface area contributed by atoms with E-state index in [9.17, 15) is 14.4 Å². The summed E-state index contributed by atoms with van der Waals surface area (Å²) in [4.78, 5) is 39.3. The van der Waals surface area contributed by atoms with Gasteiger partial charge in [-0.1, -0.05) is 58.3 Å². The van der Waals surface area contributed by atoms with Crippen LogP contribution in [0.2, 0.25) is 0 Å². The average Bonchev–Trinajstić information content (AvgIpc) is 2.91. The van der Waals surface area contributed by atoms with E-state index in [1.165, 1.54) is 32.8 Å². The highest BCUT2D eigenvalue weighted by Gasteiger charge is 2.30. The van der Waals surface area contributed by atoms with Crippen LogP contribution in [0.15, 0.2) is 0 Å². The SMILES string of the molecule is CCCCCCCC(C)OC(=O)C(C)(C)CCCCCC(CCCCCC(C)(C)C(=O)OC)OC(=O)CCCN(C)C. The fourth-order valence-electron chi connectivity index (χ4n) is 5.20. The number of unbranched alkanes of at least 4 members (excludes halogenated alkanes) is 8. The molecule has 0 N–H and O–H groups in total. The molecule has 7 heteroatoms. The van der Waals surface area contributed by atoms with E-state index >= 15 is 0 Å². The molecule has 2 atom stereocenters. The fourth-order valence-corrected chi connectivity index (χ4v) is 5.20. The van der Waals surface area contributed by atoms with Crippen LogP contribution in [0.3, 0.4) is 0 Å². The van der Waals surface area contributed by atoms with Crippen molar-refractivity contribution in [2.24, 2.45) is 10.8 Å². The maximum absolute atomic E-state index is 12.8. The van der Waals surface area contributed by atoms with E-state index in [4.69, 9.17) is 14.2 Å². The molecule has 0 saturated heterocycles. The molecule has 0 aromatic heterocycles. The van der Waals surface area contributed by atoms with E-state index in [2.05, 4.69) is 11.8 Å². The lowest BCUT2D eigenvalue weighted by molar-refractivity contribution is -0.159. The molecule has 0 aliphatic rings. The molecule has 0 aliphatic carbocycles. The molecular formula is C35H67NO6. The van der Waals surface area contributed by atoms with Gasteiger partial charge in [0.2, 0.25) is 0 Å². The maximum atomic E-state index is 12.8. The molecular weight excluding hydrogens is 530 g/mol. The summed E-state index contributed by atoms with van der Waals surface area (Å²) in [5.74, 6) is -0.378. The second kappa shape index (κ2) is 22.8. The third kappa shape index (κ3) is 20.3. The summed E-state index contributed by atoms with van der Waals surface area (Å²) in [5.41, 5.74) is -0.966. The minimum atomic E-state index is -0.493. The van der Waals surface area contributed by atoms with Gasteiger partial charge in [-0.2, -0.15) is 0 Å². The summed E-state index contributed by atoms with van der Waals surface area (Å²) < 4.78 is 16.6. The minimum Gasteiger partial charge on any atom is -0.469 e. The molecule has 0 aliphatic heterocycles. The van der Waals surface area contributed by atoms with Crippen molar-refractivity contribution in [2.45, 2.75) is 169 Å². The Labute approximate surface area is 259 Å². The highest BCUT2D eigenvalue weighted by atomic mass is 16.5. The Bertz CT molecular complexity index is 733. The predicted octanol–water partition coefficient (Wildman–Crippen LogP) is 8.66. The molecule has 42 heavy (non-hydrogen) atoms. The van der Waals surface area contributed by atoms with Gasteiger partial charge in [-0.3, -0.25) is 14.4 Å². The van der Waals surface area contributed by atoms with Crippen LogP contribution < -0.4 is 0 Å². The summed E-state index contributed by atoms with van der Waals surface area (Å²) in [5, 5.41) is 0. The van der Waals surface area contributed by atoms with Gasteiger partial charge in [0.1, 0.15) is 6.10 Å². The molecule has 2 unspecified atom stereocenters. The molecule has 0 amide bonds. The van der Waals surface area contributed by atoms with Crippen molar-refractivity contribution in [3.63, 3.8) is 0 Å². The van der Waals surface area contributed by atoms with Crippen LogP contribution in [0.25, 0.3) is 0 Å². The van der Waals surface area contributed by atoms with Crippen LogP contribution >= 0.6 is 0 Å². The van der Waals surface area contributed by atoms with Crippen LogP contribution in [-0.4, -0.2) is 62.8 Å². The van der Waals surface area contributed by atoms with E-state index < -0.39 is 10.8 Å². The Balaban J connectivity index is 4.59. The van der Waals surface area contributed by atoms with Crippen LogP contribution in [0, 0.1) is 10.8 Å². The van der Waals surface area contributed by atoms with Gasteiger partial charge in [-0.05, 0) is 113 Å². The topological polar surface area (TPSA) is 82.1 Å². The van der Waals surface area contributed by atoms with Crippen molar-refractivity contribution in [3.8, 4) is 0 Å². The number of ether oxygens (including phenoxy) is 3. The Morgan fingerprint density at radius 1 is 0.667 bits per heavy atom. The highest BCUT2D eigenvalue weighted by Crippen LogP contribution is 2.28. The minimum absolute atomic E-state index is 0.0295. The lowest BCUT2D eigenvalue weighted by atomic mass is 9.86. The number of hydrogen-bond donors (Lipinski definition) is 0. The molecule has 7 nitrogen and oxygen atoms in total. The summed E-state index contributed by atoms with van der Waals surface area (Å²) in [6.45, 7) is 12.9. The van der Waals surface area contributed by atoms with Crippen molar-refractivity contribution < 1.29 is 28.6 Å². The summed E-state index contributed by atoms with van der Waals surface area (Å²) in [6, 6.07) is 0. The first-order valence-corrected chi connectivity index (χ1v) is 16.9. The number of hydrogen-bond acceptors (Lipinski definition) is 7. The zero-order valence-corrected chi connectivity index (χ0v) is 29.0. The van der Waals surface area contributed by atoms with Gasteiger partial charge in [-0.15, -0.1) is 0 Å². The molecule has 0 bridgehead atoms. The lowest BCUT2D eigenvalue weighted by Crippen LogP contribution is -2.29. The first kappa shape index (κ1) is 40.4. The first-order valence-electron chi connectivity index (χ1n) is 16.9. The predicted molar refractivity (Wildman–Crippen MR) is 172 cm³/mol. The Morgan fingerprint density at radius 3 is 1.69 bits per heavy atom. The third-order valence-electron chi connectivity index (χ3n) is 8.25. The quantitative estimate of drug-likeness (QED) is 0.0560. The van der Waals surface area contributed by atoms with Crippen molar-refractivity contribution in [2.75, 3.05) is 27.7 Å². The van der Waals surface area contributed by atoms with Gasteiger partial charge in [0.05, 0.1) is 24.0 Å². The normalized spacial score (nSPS) is 13.6. The van der Waals surface area contributed by atoms with Crippen molar-refractivity contribution in [3.05, 3.63) is 0 Å². The van der Waals surface area contributed by atoms with E-state index in [0.717, 1.165) is 90.0 Å². The number of carbonyl (C=O) groups excluding carboxylic acids is 3. The van der Waals surface area contributed by atoms with Gasteiger partial charge in [-0.25, -0.2) is 0 Å². The standard InChI is InChI=1S/C35H67NO6/c1-10-11-12-13-16-22-29(2)41-33(39)35(5,6)27-20-15-18-24-30(42-31(37)25-21-28-36(7)8)23-17-14-19-26-34(3,4)32(38)40-9/h29-30H,10-28H2,1-9H3. The number of carbonyl (C=O) groups is 3. The van der Waals surface area contributed by atoms with E-state index in [-0.39, 0.29) is 30.1 Å². The number of nitrogens with zero attached hydrogens (tertiary/aromatic N) is 1. The van der Waals surface area contributed by atoms with Gasteiger partial charge in [0.15, 0.2) is 0 Å². The second-order valence-corrected chi connectivity index (χ2v) is 13.9. The molecule has 0 heterocycles. The van der Waals surface area contributed by atoms with Crippen molar-refractivity contribution >= 4 is 17.9 Å². The number of esters is 3. The average molecular weight is 598 g/mol. The van der Waals surface area contributed by atoms with Crippen molar-refractivity contribution in [1.82, 2.24) is 4.90 Å². The molecule has 0 saturated carbocycles. The van der Waals surface area contributed by atoms with Crippen molar-refractivity contribution in [1.29, 1.82) is 0 Å². The largest absolute Gasteiger partial charge is 0.469 e. The van der Waals surface area contributed by atoms with Crippen LogP contribution in [0.5, 0.6) is 0 Å². The van der Waals surface area contributed by atoms with Crippen LogP contribution in [0.1, 0.15) is 157 Å². The van der Waals surface area contributed by atoms with Gasteiger partial charge in [0.25, 0.3) is 0 Å². The molecule has 0 aromatic carbocycles. The fraction of sp³-hybridized carbons (Fsp3) is 0.914. The Morgan fingerprint density at radius 2 is 1.17 bits per heavy atom. The van der Waals surface area contributed by atoms with E-state index in [0.29, 0.717) is 6.42 Å². The zero-order chi connectivity index (χ0) is 32.0. The van der Waals surface area contributed by atoms with Gasteiger partial charge in [0, 0.05) is 6.42 Å². The Hall–Kier alpha value is -1.63. The highest BCUT2D eigenvalue weighted by molar-refractivity contribution is 5.76. The van der Waals surface area contributed by atoms with Gasteiger partial charge >= 0.3 is 17.9 Å². The van der Waals surface area contributed by atoms with Crippen LogP contribution in [0.4, 0.5) is 0 Å². The van der Waals surface area contributed by atoms with Crippen LogP contribution in [-0.2, 0) is 28.6 Å². The summed E-state index contributed by atoms with van der Waals surface area (Å²) in [6.07, 6.45) is 17.2. The monoisotopic (exact) mass is 597 g/mol. The van der Waals surface area contributed by atoms with E-state index in [1.807, 2.05) is 48.7 Å². The van der Waals surface area contributed by atoms with E-state index in [1.54, 1.807) is 0 Å². The third-order valence-corrected chi connectivity index (χ3v) is 8.25. The molecule has 248 valence electrons. The number of rotatable bonds is 26. The smallest absolute Gasteiger partial charge is 0.311 e. The number of methoxy groups -OCH3 is 1. The maximum Gasteiger partial charge on any atom is 0.311 e. The molecule has 0 fully saturated rings. The second-order valence-electron chi connectivity index (χ2n) is 13.9. The first-order chi connectivity index (χ1) is 19.7. The van der Waals surface area contributed by atoms with Gasteiger partial charge < -0.3 is 19.1 Å². The Kier molecular flexibility index (Phi) is 22.0. The molecule has 0 spiro atoms. The zero-order valence-electron chi connectivity index (χ0n) is 29.0. The summed E-state index contributed by atoms with van der Waals surface area (Å²) >= 11 is 0. The summed E-state index contributed by atoms with van der Waals surface area (Å²) in [7, 11) is 5.45.